The van der Waals surface area contributed by atoms with Crippen LogP contribution in [-0.4, -0.2) is 34.5 Å². The van der Waals surface area contributed by atoms with Gasteiger partial charge in [0.25, 0.3) is 5.91 Å². The van der Waals surface area contributed by atoms with Crippen molar-refractivity contribution in [2.75, 3.05) is 12.1 Å². The van der Waals surface area contributed by atoms with Crippen LogP contribution < -0.4 is 19.5 Å². The van der Waals surface area contributed by atoms with E-state index in [-0.39, 0.29) is 30.9 Å². The first-order valence-electron chi connectivity index (χ1n) is 12.2. The maximum Gasteiger partial charge on any atom is 0.257 e. The first-order chi connectivity index (χ1) is 19.0. The van der Waals surface area contributed by atoms with Gasteiger partial charge >= 0.3 is 0 Å². The summed E-state index contributed by atoms with van der Waals surface area (Å²) in [5.41, 5.74) is 3.48. The number of nitrogens with one attached hydrogen (secondary N) is 2. The van der Waals surface area contributed by atoms with Gasteiger partial charge in [0.1, 0.15) is 12.4 Å². The number of hydrogen-bond donors (Lipinski definition) is 2. The highest BCUT2D eigenvalue weighted by atomic mass is 16.7. The molecule has 7 rings (SSSR count). The molecule has 0 radical (unpaired) electrons. The fraction of sp³-hybridized carbons (Fsp3) is 0.0667. The fourth-order valence-corrected chi connectivity index (χ4v) is 4.80. The molecule has 4 aromatic carbocycles. The second kappa shape index (κ2) is 8.84. The Balaban J connectivity index is 1.06. The third-order valence-corrected chi connectivity index (χ3v) is 6.80. The summed E-state index contributed by atoms with van der Waals surface area (Å²) in [4.78, 5) is 38.6. The third-order valence-electron chi connectivity index (χ3n) is 6.80. The van der Waals surface area contributed by atoms with Crippen molar-refractivity contribution in [1.82, 2.24) is 10.2 Å². The Kier molecular flexibility index (Phi) is 5.15. The lowest BCUT2D eigenvalue weighted by Gasteiger charge is -2.18. The molecule has 0 unspecified atom stereocenters. The monoisotopic (exact) mass is 517 g/mol. The maximum atomic E-state index is 13.0. The number of benzene rings is 4. The summed E-state index contributed by atoms with van der Waals surface area (Å²) in [6, 6.07) is 22.4. The summed E-state index contributed by atoms with van der Waals surface area (Å²) in [5.74, 6) is 1.43. The van der Waals surface area contributed by atoms with E-state index in [0.29, 0.717) is 61.8 Å². The molecule has 5 aromatic rings. The largest absolute Gasteiger partial charge is 0.489 e. The molecule has 2 aliphatic rings. The molecule has 39 heavy (non-hydrogen) atoms. The summed E-state index contributed by atoms with van der Waals surface area (Å²) < 4.78 is 16.6. The first-order valence-corrected chi connectivity index (χ1v) is 12.2. The molecule has 9 heteroatoms. The van der Waals surface area contributed by atoms with Crippen LogP contribution in [0.25, 0.3) is 10.9 Å². The van der Waals surface area contributed by atoms with E-state index in [9.17, 15) is 14.4 Å². The molecule has 0 saturated heterocycles. The van der Waals surface area contributed by atoms with Crippen molar-refractivity contribution in [3.05, 3.63) is 112 Å². The Labute approximate surface area is 221 Å². The average Bonchev–Trinajstić information content (AvgIpc) is 3.61. The third kappa shape index (κ3) is 3.88. The number of hydrogen-bond acceptors (Lipinski definition) is 7. The number of fused-ring (bicyclic) bond motifs is 4. The topological polar surface area (TPSA) is 120 Å². The van der Waals surface area contributed by atoms with Gasteiger partial charge in [0.15, 0.2) is 28.9 Å². The minimum absolute atomic E-state index is 0.133. The van der Waals surface area contributed by atoms with E-state index in [1.807, 2.05) is 0 Å². The Morgan fingerprint density at radius 2 is 1.62 bits per heavy atom. The van der Waals surface area contributed by atoms with Crippen LogP contribution in [-0.2, 0) is 6.61 Å². The molecular formula is C30H19N3O6. The Morgan fingerprint density at radius 3 is 2.46 bits per heavy atom. The quantitative estimate of drug-likeness (QED) is 0.334. The highest BCUT2D eigenvalue weighted by Crippen LogP contribution is 2.33. The van der Waals surface area contributed by atoms with Crippen molar-refractivity contribution in [2.45, 2.75) is 6.61 Å². The SMILES string of the molecule is O=C(Nc1n[nH]c2cc(OCc3ccc4c(c3)C(=O)c3ccccc3C4=O)ccc12)c1ccc2c(c1)OCO2. The van der Waals surface area contributed by atoms with Crippen molar-refractivity contribution in [3.63, 3.8) is 0 Å². The summed E-state index contributed by atoms with van der Waals surface area (Å²) >= 11 is 0. The second-order valence-corrected chi connectivity index (χ2v) is 9.17. The number of carbonyl (C=O) groups is 3. The molecule has 2 N–H and O–H groups in total. The van der Waals surface area contributed by atoms with Gasteiger partial charge in [-0.25, -0.2) is 0 Å². The average molecular weight is 517 g/mol. The van der Waals surface area contributed by atoms with Gasteiger partial charge in [0.2, 0.25) is 6.79 Å². The molecule has 0 saturated carbocycles. The number of aromatic amines is 1. The van der Waals surface area contributed by atoms with Crippen LogP contribution in [0.3, 0.4) is 0 Å². The molecule has 1 aliphatic heterocycles. The second-order valence-electron chi connectivity index (χ2n) is 9.17. The molecule has 2 heterocycles. The van der Waals surface area contributed by atoms with Crippen LogP contribution in [0.5, 0.6) is 17.2 Å². The lowest BCUT2D eigenvalue weighted by molar-refractivity contribution is 0.0979. The van der Waals surface area contributed by atoms with Crippen LogP contribution in [0.4, 0.5) is 5.82 Å². The van der Waals surface area contributed by atoms with Crippen LogP contribution in [0, 0.1) is 0 Å². The van der Waals surface area contributed by atoms with Crippen molar-refractivity contribution in [3.8, 4) is 17.2 Å². The minimum Gasteiger partial charge on any atom is -0.489 e. The fourth-order valence-electron chi connectivity index (χ4n) is 4.80. The number of rotatable bonds is 5. The summed E-state index contributed by atoms with van der Waals surface area (Å²) in [6.07, 6.45) is 0. The number of nitrogens with zero attached hydrogens (tertiary/aromatic N) is 1. The standard InChI is InChI=1S/C30H19N3O6/c34-27-19-3-1-2-4-20(19)28(35)23-11-16(5-8-21(23)27)14-37-18-7-9-22-24(13-18)32-33-29(22)31-30(36)17-6-10-25-26(12-17)39-15-38-25/h1-13H,14-15H2,(H2,31,32,33,36). The van der Waals surface area contributed by atoms with Gasteiger partial charge in [-0.05, 0) is 48.0 Å². The van der Waals surface area contributed by atoms with Crippen LogP contribution in [0.1, 0.15) is 47.8 Å². The summed E-state index contributed by atoms with van der Waals surface area (Å²) in [6.45, 7) is 0.331. The number of aromatic nitrogens is 2. The van der Waals surface area contributed by atoms with Crippen molar-refractivity contribution >= 4 is 34.2 Å². The molecule has 0 spiro atoms. The van der Waals surface area contributed by atoms with Crippen LogP contribution in [0.15, 0.2) is 78.9 Å². The van der Waals surface area contributed by atoms with Crippen LogP contribution >= 0.6 is 0 Å². The van der Waals surface area contributed by atoms with E-state index in [1.165, 1.54) is 0 Å². The van der Waals surface area contributed by atoms with Gasteiger partial charge in [0, 0.05) is 39.3 Å². The highest BCUT2D eigenvalue weighted by Gasteiger charge is 2.29. The summed E-state index contributed by atoms with van der Waals surface area (Å²) in [7, 11) is 0. The zero-order valence-electron chi connectivity index (χ0n) is 20.3. The molecule has 0 fully saturated rings. The molecule has 1 aliphatic carbocycles. The van der Waals surface area contributed by atoms with E-state index in [0.717, 1.165) is 5.56 Å². The minimum atomic E-state index is -0.329. The van der Waals surface area contributed by atoms with Gasteiger partial charge in [-0.1, -0.05) is 30.3 Å². The predicted molar refractivity (Wildman–Crippen MR) is 141 cm³/mol. The van der Waals surface area contributed by atoms with E-state index in [4.69, 9.17) is 14.2 Å². The van der Waals surface area contributed by atoms with E-state index < -0.39 is 0 Å². The molecule has 9 nitrogen and oxygen atoms in total. The summed E-state index contributed by atoms with van der Waals surface area (Å²) in [5, 5.41) is 10.7. The smallest absolute Gasteiger partial charge is 0.257 e. The molecule has 0 bridgehead atoms. The Bertz CT molecular complexity index is 1840. The molecule has 1 amide bonds. The Morgan fingerprint density at radius 1 is 0.846 bits per heavy atom. The molecule has 190 valence electrons. The van der Waals surface area contributed by atoms with Gasteiger partial charge in [-0.3, -0.25) is 19.5 Å². The Hall–Kier alpha value is -5.44. The van der Waals surface area contributed by atoms with E-state index in [1.54, 1.807) is 78.9 Å². The zero-order chi connectivity index (χ0) is 26.5. The zero-order valence-corrected chi connectivity index (χ0v) is 20.3. The lowest BCUT2D eigenvalue weighted by Crippen LogP contribution is -2.21. The maximum absolute atomic E-state index is 13.0. The van der Waals surface area contributed by atoms with Gasteiger partial charge in [0.05, 0.1) is 5.52 Å². The van der Waals surface area contributed by atoms with Gasteiger partial charge < -0.3 is 19.5 Å². The van der Waals surface area contributed by atoms with E-state index in [2.05, 4.69) is 15.5 Å². The van der Waals surface area contributed by atoms with Crippen molar-refractivity contribution in [2.24, 2.45) is 0 Å². The number of ether oxygens (including phenoxy) is 3. The van der Waals surface area contributed by atoms with Gasteiger partial charge in [-0.15, -0.1) is 0 Å². The number of carbonyl (C=O) groups excluding carboxylic acids is 3. The molecule has 0 atom stereocenters. The van der Waals surface area contributed by atoms with Crippen molar-refractivity contribution in [1.29, 1.82) is 0 Å². The number of H-pyrrole nitrogens is 1. The van der Waals surface area contributed by atoms with Gasteiger partial charge in [-0.2, -0.15) is 5.10 Å². The number of anilines is 1. The highest BCUT2D eigenvalue weighted by molar-refractivity contribution is 6.28. The normalized spacial score (nSPS) is 13.2. The molecule has 1 aromatic heterocycles. The number of amides is 1. The van der Waals surface area contributed by atoms with Crippen molar-refractivity contribution < 1.29 is 28.6 Å². The molecular weight excluding hydrogens is 498 g/mol. The van der Waals surface area contributed by atoms with E-state index >= 15 is 0 Å². The number of ketones is 2. The van der Waals surface area contributed by atoms with Crippen LogP contribution in [0.2, 0.25) is 0 Å². The predicted octanol–water partition coefficient (Wildman–Crippen LogP) is 4.90. The lowest BCUT2D eigenvalue weighted by atomic mass is 9.83. The first kappa shape index (κ1) is 22.7.